The van der Waals surface area contributed by atoms with E-state index in [0.717, 1.165) is 0 Å². The summed E-state index contributed by atoms with van der Waals surface area (Å²) in [5.41, 5.74) is 0.545. The first-order valence-corrected chi connectivity index (χ1v) is 6.87. The minimum atomic E-state index is -0.932. The molecule has 0 aliphatic carbocycles. The van der Waals surface area contributed by atoms with Crippen LogP contribution in [0, 0.1) is 0 Å². The van der Waals surface area contributed by atoms with E-state index >= 15 is 0 Å². The van der Waals surface area contributed by atoms with Crippen molar-refractivity contribution in [3.63, 3.8) is 0 Å². The van der Waals surface area contributed by atoms with E-state index in [0.29, 0.717) is 12.1 Å². The van der Waals surface area contributed by atoms with Crippen molar-refractivity contribution >= 4 is 17.8 Å². The zero-order valence-electron chi connectivity index (χ0n) is 12.0. The van der Waals surface area contributed by atoms with Gasteiger partial charge in [0, 0.05) is 31.6 Å². The molecule has 0 aromatic heterocycles. The number of nitrogens with zero attached hydrogens (tertiary/aromatic N) is 1. The Morgan fingerprint density at radius 1 is 1.14 bits per heavy atom. The zero-order valence-corrected chi connectivity index (χ0v) is 12.0. The molecule has 21 heavy (non-hydrogen) atoms. The van der Waals surface area contributed by atoms with E-state index in [1.807, 2.05) is 6.07 Å². The van der Waals surface area contributed by atoms with Crippen molar-refractivity contribution in [1.29, 1.82) is 0 Å². The van der Waals surface area contributed by atoms with E-state index < -0.39 is 5.97 Å². The smallest absolute Gasteiger partial charge is 0.305 e. The van der Waals surface area contributed by atoms with Crippen LogP contribution in [0.15, 0.2) is 30.3 Å². The lowest BCUT2D eigenvalue weighted by atomic mass is 10.2. The lowest BCUT2D eigenvalue weighted by Gasteiger charge is -2.20. The quantitative estimate of drug-likeness (QED) is 0.752. The van der Waals surface area contributed by atoms with Crippen molar-refractivity contribution in [2.24, 2.45) is 0 Å². The minimum Gasteiger partial charge on any atom is -0.481 e. The molecule has 1 aromatic carbocycles. The van der Waals surface area contributed by atoms with E-state index in [1.165, 1.54) is 4.90 Å². The van der Waals surface area contributed by atoms with Gasteiger partial charge in [0.15, 0.2) is 0 Å². The second-order valence-corrected chi connectivity index (χ2v) is 4.49. The first-order valence-electron chi connectivity index (χ1n) is 6.87. The Hall–Kier alpha value is -2.37. The molecule has 0 radical (unpaired) electrons. The molecule has 0 bridgehead atoms. The molecule has 114 valence electrons. The summed E-state index contributed by atoms with van der Waals surface area (Å²) in [6, 6.07) is 8.75. The van der Waals surface area contributed by atoms with Crippen molar-refractivity contribution in [1.82, 2.24) is 10.2 Å². The third kappa shape index (κ3) is 6.07. The number of nitrogens with one attached hydrogen (secondary N) is 1. The Morgan fingerprint density at radius 3 is 2.38 bits per heavy atom. The number of aliphatic carboxylic acids is 1. The van der Waals surface area contributed by atoms with Gasteiger partial charge >= 0.3 is 5.97 Å². The average Bonchev–Trinajstić information content (AvgIpc) is 2.48. The molecule has 6 heteroatoms. The molecule has 0 saturated heterocycles. The van der Waals surface area contributed by atoms with Crippen LogP contribution >= 0.6 is 0 Å². The topological polar surface area (TPSA) is 86.7 Å². The summed E-state index contributed by atoms with van der Waals surface area (Å²) < 4.78 is 0. The Balaban J connectivity index is 2.35. The maximum absolute atomic E-state index is 11.9. The van der Waals surface area contributed by atoms with Crippen molar-refractivity contribution < 1.29 is 19.5 Å². The molecule has 6 nitrogen and oxygen atoms in total. The minimum absolute atomic E-state index is 0.0735. The third-order valence-corrected chi connectivity index (χ3v) is 2.99. The average molecular weight is 292 g/mol. The maximum Gasteiger partial charge on any atom is 0.305 e. The van der Waals surface area contributed by atoms with Gasteiger partial charge in [0.25, 0.3) is 5.91 Å². The number of amides is 2. The highest BCUT2D eigenvalue weighted by Crippen LogP contribution is 1.99. The summed E-state index contributed by atoms with van der Waals surface area (Å²) in [6.45, 7) is 2.68. The fourth-order valence-corrected chi connectivity index (χ4v) is 1.82. The Morgan fingerprint density at radius 2 is 1.81 bits per heavy atom. The van der Waals surface area contributed by atoms with Gasteiger partial charge in [-0.25, -0.2) is 0 Å². The van der Waals surface area contributed by atoms with Crippen LogP contribution in [-0.4, -0.2) is 47.4 Å². The van der Waals surface area contributed by atoms with Crippen LogP contribution < -0.4 is 5.32 Å². The summed E-state index contributed by atoms with van der Waals surface area (Å²) >= 11 is 0. The largest absolute Gasteiger partial charge is 0.481 e. The summed E-state index contributed by atoms with van der Waals surface area (Å²) in [6.07, 6.45) is 0.0853. The molecule has 0 atom stereocenters. The molecule has 0 saturated carbocycles. The van der Waals surface area contributed by atoms with E-state index in [1.54, 1.807) is 31.2 Å². The highest BCUT2D eigenvalue weighted by molar-refractivity contribution is 5.94. The molecule has 0 spiro atoms. The predicted octanol–water partition coefficient (Wildman–Crippen LogP) is 1.13. The van der Waals surface area contributed by atoms with Crippen LogP contribution in [0.2, 0.25) is 0 Å². The molecule has 0 aliphatic heterocycles. The molecule has 2 amide bonds. The molecule has 0 fully saturated rings. The maximum atomic E-state index is 11.9. The van der Waals surface area contributed by atoms with Gasteiger partial charge in [0.1, 0.15) is 0 Å². The van der Waals surface area contributed by atoms with Crippen molar-refractivity contribution in [2.45, 2.75) is 19.8 Å². The van der Waals surface area contributed by atoms with Gasteiger partial charge in [-0.1, -0.05) is 18.2 Å². The SMILES string of the molecule is CCN(CCC(=O)O)C(=O)CCNC(=O)c1ccccc1. The van der Waals surface area contributed by atoms with Crippen LogP contribution in [0.1, 0.15) is 30.1 Å². The number of benzene rings is 1. The van der Waals surface area contributed by atoms with Crippen molar-refractivity contribution in [3.05, 3.63) is 35.9 Å². The van der Waals surface area contributed by atoms with Gasteiger partial charge in [0.05, 0.1) is 6.42 Å². The van der Waals surface area contributed by atoms with Gasteiger partial charge in [-0.15, -0.1) is 0 Å². The van der Waals surface area contributed by atoms with Crippen LogP contribution in [0.25, 0.3) is 0 Å². The summed E-state index contributed by atoms with van der Waals surface area (Å²) in [7, 11) is 0. The molecule has 2 N–H and O–H groups in total. The van der Waals surface area contributed by atoms with Crippen molar-refractivity contribution in [2.75, 3.05) is 19.6 Å². The van der Waals surface area contributed by atoms with Gasteiger partial charge in [-0.3, -0.25) is 14.4 Å². The number of hydrogen-bond acceptors (Lipinski definition) is 3. The second-order valence-electron chi connectivity index (χ2n) is 4.49. The summed E-state index contributed by atoms with van der Waals surface area (Å²) in [5.74, 6) is -1.32. The standard InChI is InChI=1S/C15H20N2O4/c1-2-17(11-9-14(19)20)13(18)8-10-16-15(21)12-6-4-3-5-7-12/h3-7H,2,8-11H2,1H3,(H,16,21)(H,19,20). The highest BCUT2D eigenvalue weighted by atomic mass is 16.4. The molecule has 0 aliphatic rings. The Bertz CT molecular complexity index is 488. The first-order chi connectivity index (χ1) is 10.0. The fourth-order valence-electron chi connectivity index (χ4n) is 1.82. The summed E-state index contributed by atoms with van der Waals surface area (Å²) in [4.78, 5) is 35.6. The van der Waals surface area contributed by atoms with Crippen LogP contribution in [0.4, 0.5) is 0 Å². The molecular formula is C15H20N2O4. The number of hydrogen-bond donors (Lipinski definition) is 2. The third-order valence-electron chi connectivity index (χ3n) is 2.99. The predicted molar refractivity (Wildman–Crippen MR) is 77.9 cm³/mol. The summed E-state index contributed by atoms with van der Waals surface area (Å²) in [5, 5.41) is 11.3. The molecule has 1 rings (SSSR count). The lowest BCUT2D eigenvalue weighted by molar-refractivity contribution is -0.138. The number of carbonyl (C=O) groups excluding carboxylic acids is 2. The van der Waals surface area contributed by atoms with E-state index in [4.69, 9.17) is 5.11 Å². The zero-order chi connectivity index (χ0) is 15.7. The van der Waals surface area contributed by atoms with Crippen LogP contribution in [0.3, 0.4) is 0 Å². The van der Waals surface area contributed by atoms with E-state index in [2.05, 4.69) is 5.32 Å². The molecule has 0 heterocycles. The fraction of sp³-hybridized carbons (Fsp3) is 0.400. The lowest BCUT2D eigenvalue weighted by Crippen LogP contribution is -2.35. The Kier molecular flexibility index (Phi) is 6.94. The number of carboxylic acid groups (broad SMARTS) is 1. The highest BCUT2D eigenvalue weighted by Gasteiger charge is 2.13. The monoisotopic (exact) mass is 292 g/mol. The van der Waals surface area contributed by atoms with Crippen molar-refractivity contribution in [3.8, 4) is 0 Å². The number of carboxylic acids is 1. The van der Waals surface area contributed by atoms with Gasteiger partial charge in [-0.05, 0) is 19.1 Å². The first kappa shape index (κ1) is 16.7. The normalized spacial score (nSPS) is 9.95. The second kappa shape index (κ2) is 8.73. The van der Waals surface area contributed by atoms with Crippen LogP contribution in [0.5, 0.6) is 0 Å². The van der Waals surface area contributed by atoms with E-state index in [-0.39, 0.29) is 37.7 Å². The van der Waals surface area contributed by atoms with Gasteiger partial charge in [0.2, 0.25) is 5.91 Å². The molecular weight excluding hydrogens is 272 g/mol. The van der Waals surface area contributed by atoms with Gasteiger partial charge < -0.3 is 15.3 Å². The molecule has 1 aromatic rings. The number of carbonyl (C=O) groups is 3. The van der Waals surface area contributed by atoms with Crippen LogP contribution in [-0.2, 0) is 9.59 Å². The Labute approximate surface area is 123 Å². The van der Waals surface area contributed by atoms with E-state index in [9.17, 15) is 14.4 Å². The molecule has 0 unspecified atom stereocenters. The number of rotatable bonds is 8. The van der Waals surface area contributed by atoms with Gasteiger partial charge in [-0.2, -0.15) is 0 Å².